The topological polar surface area (TPSA) is 0 Å². The molecule has 86 valence electrons. The van der Waals surface area contributed by atoms with Crippen LogP contribution >= 0.6 is 0 Å². The Morgan fingerprint density at radius 3 is 2.00 bits per heavy atom. The van der Waals surface area contributed by atoms with E-state index in [2.05, 4.69) is 6.58 Å². The highest BCUT2D eigenvalue weighted by Gasteiger charge is 2.35. The van der Waals surface area contributed by atoms with E-state index in [0.717, 1.165) is 13.0 Å². The summed E-state index contributed by atoms with van der Waals surface area (Å²) in [4.78, 5) is 0. The fraction of sp³-hybridized carbons (Fsp3) is 0.455. The Hall–Kier alpha value is -1.06. The molecule has 0 aromatic rings. The second kappa shape index (κ2) is 5.14. The van der Waals surface area contributed by atoms with Gasteiger partial charge >= 0.3 is 6.18 Å². The van der Waals surface area contributed by atoms with E-state index in [4.69, 9.17) is 0 Å². The van der Waals surface area contributed by atoms with E-state index >= 15 is 0 Å². The summed E-state index contributed by atoms with van der Waals surface area (Å²) in [7, 11) is 0. The summed E-state index contributed by atoms with van der Waals surface area (Å²) in [6.07, 6.45) is -3.13. The number of hydrogen-bond donors (Lipinski definition) is 0. The van der Waals surface area contributed by atoms with E-state index < -0.39 is 17.6 Å². The van der Waals surface area contributed by atoms with Gasteiger partial charge in [-0.25, -0.2) is 4.39 Å². The molecule has 0 atom stereocenters. The molecule has 0 aliphatic heterocycles. The summed E-state index contributed by atoms with van der Waals surface area (Å²) in [6, 6.07) is 0. The van der Waals surface area contributed by atoms with Crippen molar-refractivity contribution < 1.29 is 17.6 Å². The molecule has 0 spiro atoms. The summed E-state index contributed by atoms with van der Waals surface area (Å²) >= 11 is 0. The minimum absolute atomic E-state index is 0.0814. The second-order valence-electron chi connectivity index (χ2n) is 3.42. The highest BCUT2D eigenvalue weighted by molar-refractivity contribution is 5.34. The van der Waals surface area contributed by atoms with Gasteiger partial charge in [-0.15, -0.1) is 0 Å². The number of halogens is 4. The monoisotopic (exact) mass is 222 g/mol. The van der Waals surface area contributed by atoms with Crippen molar-refractivity contribution in [2.24, 2.45) is 5.92 Å². The molecule has 0 saturated carbocycles. The first kappa shape index (κ1) is 13.9. The molecule has 0 amide bonds. The zero-order valence-corrected chi connectivity index (χ0v) is 8.95. The first-order valence-electron chi connectivity index (χ1n) is 4.50. The molecular weight excluding hydrogens is 208 g/mol. The smallest absolute Gasteiger partial charge is 0.206 e. The number of rotatable bonds is 3. The maximum Gasteiger partial charge on any atom is 0.418 e. The summed E-state index contributed by atoms with van der Waals surface area (Å²) in [5.74, 6) is -1.37. The van der Waals surface area contributed by atoms with Crippen LogP contribution in [-0.4, -0.2) is 6.18 Å². The molecule has 0 radical (unpaired) electrons. The minimum atomic E-state index is -4.66. The molecule has 0 aliphatic carbocycles. The van der Waals surface area contributed by atoms with E-state index in [9.17, 15) is 17.6 Å². The lowest BCUT2D eigenvalue weighted by Crippen LogP contribution is -2.12. The average molecular weight is 222 g/mol. The third-order valence-electron chi connectivity index (χ3n) is 1.91. The van der Waals surface area contributed by atoms with Crippen LogP contribution in [0.1, 0.15) is 20.8 Å². The first-order valence-corrected chi connectivity index (χ1v) is 4.50. The van der Waals surface area contributed by atoms with Gasteiger partial charge in [0.15, 0.2) is 0 Å². The zero-order valence-electron chi connectivity index (χ0n) is 8.95. The van der Waals surface area contributed by atoms with Crippen molar-refractivity contribution in [3.63, 3.8) is 0 Å². The standard InChI is InChI=1S/C11H14F4/c1-5-9(11(13,14)15)10(12)6-8(4)7(2)3/h5-7H,4H2,1-3H3/b9-5+,10-6+. The molecule has 0 saturated heterocycles. The molecule has 0 nitrogen and oxygen atoms in total. The Bertz CT molecular complexity index is 292. The van der Waals surface area contributed by atoms with E-state index in [0.29, 0.717) is 11.6 Å². The van der Waals surface area contributed by atoms with Gasteiger partial charge in [0.25, 0.3) is 0 Å². The van der Waals surface area contributed by atoms with E-state index in [1.54, 1.807) is 13.8 Å². The average Bonchev–Trinajstić information content (AvgIpc) is 2.01. The molecule has 4 heteroatoms. The van der Waals surface area contributed by atoms with Gasteiger partial charge in [-0.3, -0.25) is 0 Å². The summed E-state index contributed by atoms with van der Waals surface area (Å²) in [6.45, 7) is 8.09. The lowest BCUT2D eigenvalue weighted by atomic mass is 10.0. The molecule has 15 heavy (non-hydrogen) atoms. The minimum Gasteiger partial charge on any atom is -0.206 e. The van der Waals surface area contributed by atoms with Gasteiger partial charge in [0.2, 0.25) is 0 Å². The van der Waals surface area contributed by atoms with Crippen molar-refractivity contribution in [2.75, 3.05) is 0 Å². The maximum atomic E-state index is 13.2. The SMILES string of the molecule is C=C(/C=C(F)\C(=C/C)C(F)(F)F)C(C)C. The molecule has 0 heterocycles. The number of allylic oxidation sites excluding steroid dienone is 5. The van der Waals surface area contributed by atoms with Gasteiger partial charge < -0.3 is 0 Å². The lowest BCUT2D eigenvalue weighted by molar-refractivity contribution is -0.0911. The van der Waals surface area contributed by atoms with Crippen molar-refractivity contribution in [1.82, 2.24) is 0 Å². The molecule has 0 aromatic carbocycles. The number of hydrogen-bond acceptors (Lipinski definition) is 0. The second-order valence-corrected chi connectivity index (χ2v) is 3.42. The molecule has 0 fully saturated rings. The molecule has 0 N–H and O–H groups in total. The zero-order chi connectivity index (χ0) is 12.2. The largest absolute Gasteiger partial charge is 0.418 e. The lowest BCUT2D eigenvalue weighted by Gasteiger charge is -2.10. The third kappa shape index (κ3) is 4.32. The molecule has 0 aromatic heterocycles. The molecule has 0 unspecified atom stereocenters. The molecular formula is C11H14F4. The third-order valence-corrected chi connectivity index (χ3v) is 1.91. The highest BCUT2D eigenvalue weighted by Crippen LogP contribution is 2.32. The van der Waals surface area contributed by atoms with Crippen LogP contribution < -0.4 is 0 Å². The van der Waals surface area contributed by atoms with Crippen LogP contribution in [-0.2, 0) is 0 Å². The van der Waals surface area contributed by atoms with E-state index in [1.165, 1.54) is 0 Å². The molecule has 0 aliphatic rings. The Kier molecular flexibility index (Phi) is 4.78. The van der Waals surface area contributed by atoms with Crippen molar-refractivity contribution in [3.05, 3.63) is 35.7 Å². The first-order chi connectivity index (χ1) is 6.70. The van der Waals surface area contributed by atoms with Crippen molar-refractivity contribution in [3.8, 4) is 0 Å². The van der Waals surface area contributed by atoms with Crippen LogP contribution in [0.2, 0.25) is 0 Å². The summed E-state index contributed by atoms with van der Waals surface area (Å²) in [5, 5.41) is 0. The van der Waals surface area contributed by atoms with Gasteiger partial charge in [0, 0.05) is 0 Å². The van der Waals surface area contributed by atoms with Gasteiger partial charge in [-0.2, -0.15) is 13.2 Å². The van der Waals surface area contributed by atoms with Crippen LogP contribution in [0.25, 0.3) is 0 Å². The summed E-state index contributed by atoms with van der Waals surface area (Å²) < 4.78 is 49.9. The van der Waals surface area contributed by atoms with Gasteiger partial charge in [-0.05, 0) is 24.5 Å². The van der Waals surface area contributed by atoms with Crippen LogP contribution in [0, 0.1) is 5.92 Å². The maximum absolute atomic E-state index is 13.2. The van der Waals surface area contributed by atoms with Gasteiger partial charge in [0.1, 0.15) is 5.83 Å². The van der Waals surface area contributed by atoms with Gasteiger partial charge in [0.05, 0.1) is 5.57 Å². The fourth-order valence-corrected chi connectivity index (χ4v) is 0.844. The molecule has 0 rings (SSSR count). The predicted octanol–water partition coefficient (Wildman–Crippen LogP) is 4.56. The Morgan fingerprint density at radius 2 is 1.73 bits per heavy atom. The van der Waals surface area contributed by atoms with Crippen molar-refractivity contribution >= 4 is 0 Å². The quantitative estimate of drug-likeness (QED) is 0.485. The molecule has 0 bridgehead atoms. The Labute approximate surface area is 87.0 Å². The van der Waals surface area contributed by atoms with Crippen molar-refractivity contribution in [2.45, 2.75) is 26.9 Å². The fourth-order valence-electron chi connectivity index (χ4n) is 0.844. The summed E-state index contributed by atoms with van der Waals surface area (Å²) in [5.41, 5.74) is -0.930. The van der Waals surface area contributed by atoms with E-state index in [1.807, 2.05) is 0 Å². The van der Waals surface area contributed by atoms with Crippen molar-refractivity contribution in [1.29, 1.82) is 0 Å². The number of alkyl halides is 3. The highest BCUT2D eigenvalue weighted by atomic mass is 19.4. The van der Waals surface area contributed by atoms with Crippen LogP contribution in [0.15, 0.2) is 35.7 Å². The van der Waals surface area contributed by atoms with Crippen LogP contribution in [0.3, 0.4) is 0 Å². The Balaban J connectivity index is 5.00. The van der Waals surface area contributed by atoms with Crippen LogP contribution in [0.5, 0.6) is 0 Å². The van der Waals surface area contributed by atoms with Crippen LogP contribution in [0.4, 0.5) is 17.6 Å². The normalized spacial score (nSPS) is 14.7. The van der Waals surface area contributed by atoms with E-state index in [-0.39, 0.29) is 5.92 Å². The predicted molar refractivity (Wildman–Crippen MR) is 53.0 cm³/mol. The van der Waals surface area contributed by atoms with Gasteiger partial charge in [-0.1, -0.05) is 26.5 Å². The Morgan fingerprint density at radius 1 is 1.27 bits per heavy atom.